The molecule has 2 aromatic rings. The Bertz CT molecular complexity index is 829. The van der Waals surface area contributed by atoms with Crippen LogP contribution in [0.2, 0.25) is 0 Å². The van der Waals surface area contributed by atoms with Crippen LogP contribution in [-0.4, -0.2) is 24.5 Å². The molecular weight excluding hydrogens is 370 g/mol. The summed E-state index contributed by atoms with van der Waals surface area (Å²) in [5, 5.41) is 0. The van der Waals surface area contributed by atoms with Gasteiger partial charge in [-0.3, -0.25) is 9.36 Å². The van der Waals surface area contributed by atoms with Crippen LogP contribution in [0.3, 0.4) is 0 Å². The Balaban J connectivity index is 2.06. The van der Waals surface area contributed by atoms with E-state index in [0.717, 1.165) is 4.47 Å². The second kappa shape index (κ2) is 6.72. The first-order valence-corrected chi connectivity index (χ1v) is 8.87. The average Bonchev–Trinajstić information content (AvgIpc) is 2.48. The normalized spacial score (nSPS) is 11.6. The van der Waals surface area contributed by atoms with Crippen LogP contribution in [0, 0.1) is 13.8 Å². The van der Waals surface area contributed by atoms with Crippen LogP contribution in [-0.2, 0) is 16.6 Å². The monoisotopic (exact) mass is 385 g/mol. The molecule has 0 radical (unpaired) electrons. The van der Waals surface area contributed by atoms with Crippen molar-refractivity contribution in [1.82, 2.24) is 14.3 Å². The van der Waals surface area contributed by atoms with E-state index in [2.05, 4.69) is 25.6 Å². The van der Waals surface area contributed by atoms with E-state index < -0.39 is 10.0 Å². The Morgan fingerprint density at radius 1 is 1.23 bits per heavy atom. The van der Waals surface area contributed by atoms with Gasteiger partial charge in [0, 0.05) is 28.8 Å². The van der Waals surface area contributed by atoms with Gasteiger partial charge in [-0.25, -0.2) is 18.1 Å². The topological polar surface area (TPSA) is 81.1 Å². The number of halogens is 1. The number of rotatable bonds is 5. The van der Waals surface area contributed by atoms with Gasteiger partial charge in [0.2, 0.25) is 10.0 Å². The fourth-order valence-corrected chi connectivity index (χ4v) is 3.12. The molecule has 0 bridgehead atoms. The molecule has 1 aromatic carbocycles. The van der Waals surface area contributed by atoms with E-state index in [1.807, 2.05) is 0 Å². The van der Waals surface area contributed by atoms with E-state index in [9.17, 15) is 13.2 Å². The Kier molecular flexibility index (Phi) is 5.15. The third-order valence-electron chi connectivity index (χ3n) is 3.28. The highest BCUT2D eigenvalue weighted by molar-refractivity contribution is 9.10. The molecule has 0 aliphatic carbocycles. The first kappa shape index (κ1) is 16.9. The zero-order valence-corrected chi connectivity index (χ0v) is 14.6. The van der Waals surface area contributed by atoms with E-state index in [-0.39, 0.29) is 23.5 Å². The van der Waals surface area contributed by atoms with E-state index in [4.69, 9.17) is 0 Å². The number of sulfonamides is 1. The summed E-state index contributed by atoms with van der Waals surface area (Å²) < 4.78 is 28.9. The second-order valence-corrected chi connectivity index (χ2v) is 7.49. The number of hydrogen-bond donors (Lipinski definition) is 1. The maximum absolute atomic E-state index is 12.1. The van der Waals surface area contributed by atoms with Crippen molar-refractivity contribution in [3.63, 3.8) is 0 Å². The van der Waals surface area contributed by atoms with Crippen molar-refractivity contribution in [2.75, 3.05) is 6.54 Å². The lowest BCUT2D eigenvalue weighted by Crippen LogP contribution is -2.32. The highest BCUT2D eigenvalue weighted by atomic mass is 79.9. The molecule has 22 heavy (non-hydrogen) atoms. The minimum atomic E-state index is -3.58. The van der Waals surface area contributed by atoms with Gasteiger partial charge in [-0.1, -0.05) is 15.9 Å². The molecule has 0 saturated carbocycles. The molecule has 0 aliphatic heterocycles. The molecule has 1 aromatic heterocycles. The maximum Gasteiger partial charge on any atom is 0.256 e. The average molecular weight is 386 g/mol. The van der Waals surface area contributed by atoms with E-state index >= 15 is 0 Å². The van der Waals surface area contributed by atoms with E-state index in [1.54, 1.807) is 26.0 Å². The van der Waals surface area contributed by atoms with Crippen LogP contribution >= 0.6 is 15.9 Å². The zero-order chi connectivity index (χ0) is 16.3. The van der Waals surface area contributed by atoms with Crippen LogP contribution < -0.4 is 10.3 Å². The number of aryl methyl sites for hydroxylation is 1. The van der Waals surface area contributed by atoms with Gasteiger partial charge < -0.3 is 0 Å². The van der Waals surface area contributed by atoms with Crippen LogP contribution in [0.15, 0.2) is 44.8 Å². The van der Waals surface area contributed by atoms with Gasteiger partial charge in [0.25, 0.3) is 5.56 Å². The van der Waals surface area contributed by atoms with Gasteiger partial charge in [0.15, 0.2) is 0 Å². The standard InChI is InChI=1S/C14H16BrN3O3S/c1-10-11(2)16-9-18(14(10)19)8-7-17-22(20,21)13-5-3-12(15)4-6-13/h3-6,9,17H,7-8H2,1-2H3. The summed E-state index contributed by atoms with van der Waals surface area (Å²) in [5.41, 5.74) is 1.09. The fourth-order valence-electron chi connectivity index (χ4n) is 1.83. The predicted molar refractivity (Wildman–Crippen MR) is 87.3 cm³/mol. The van der Waals surface area contributed by atoms with Gasteiger partial charge in [0.1, 0.15) is 0 Å². The maximum atomic E-state index is 12.1. The van der Waals surface area contributed by atoms with Gasteiger partial charge in [-0.05, 0) is 38.1 Å². The Hall–Kier alpha value is -1.51. The Labute approximate surface area is 137 Å². The van der Waals surface area contributed by atoms with Crippen LogP contribution in [0.4, 0.5) is 0 Å². The quantitative estimate of drug-likeness (QED) is 0.847. The van der Waals surface area contributed by atoms with Crippen molar-refractivity contribution in [2.24, 2.45) is 0 Å². The zero-order valence-electron chi connectivity index (χ0n) is 12.2. The molecule has 0 aliphatic rings. The fraction of sp³-hybridized carbons (Fsp3) is 0.286. The van der Waals surface area contributed by atoms with Crippen molar-refractivity contribution in [2.45, 2.75) is 25.3 Å². The molecule has 0 fully saturated rings. The SMILES string of the molecule is Cc1ncn(CCNS(=O)(=O)c2ccc(Br)cc2)c(=O)c1C. The number of nitrogens with zero attached hydrogens (tertiary/aromatic N) is 2. The van der Waals surface area contributed by atoms with E-state index in [0.29, 0.717) is 11.3 Å². The molecule has 1 heterocycles. The highest BCUT2D eigenvalue weighted by Crippen LogP contribution is 2.14. The lowest BCUT2D eigenvalue weighted by molar-refractivity contribution is 0.568. The summed E-state index contributed by atoms with van der Waals surface area (Å²) >= 11 is 3.26. The first-order valence-electron chi connectivity index (χ1n) is 6.59. The molecule has 0 spiro atoms. The Morgan fingerprint density at radius 3 is 2.50 bits per heavy atom. The predicted octanol–water partition coefficient (Wildman–Crippen LogP) is 1.60. The number of aromatic nitrogens is 2. The Morgan fingerprint density at radius 2 is 1.86 bits per heavy atom. The molecule has 0 atom stereocenters. The number of nitrogens with one attached hydrogen (secondary N) is 1. The molecule has 6 nitrogen and oxygen atoms in total. The van der Waals surface area contributed by atoms with Crippen molar-refractivity contribution < 1.29 is 8.42 Å². The number of hydrogen-bond acceptors (Lipinski definition) is 4. The summed E-state index contributed by atoms with van der Waals surface area (Å²) in [6.45, 7) is 3.80. The highest BCUT2D eigenvalue weighted by Gasteiger charge is 2.13. The molecular formula is C14H16BrN3O3S. The molecule has 0 saturated heterocycles. The van der Waals surface area contributed by atoms with Crippen LogP contribution in [0.5, 0.6) is 0 Å². The first-order chi connectivity index (χ1) is 10.3. The van der Waals surface area contributed by atoms with E-state index in [1.165, 1.54) is 23.0 Å². The third kappa shape index (κ3) is 3.82. The molecule has 0 unspecified atom stereocenters. The summed E-state index contributed by atoms with van der Waals surface area (Å²) in [7, 11) is -3.58. The minimum absolute atomic E-state index is 0.114. The van der Waals surface area contributed by atoms with Gasteiger partial charge >= 0.3 is 0 Å². The van der Waals surface area contributed by atoms with Crippen molar-refractivity contribution in [1.29, 1.82) is 0 Å². The number of benzene rings is 1. The molecule has 8 heteroatoms. The third-order valence-corrected chi connectivity index (χ3v) is 5.29. The summed E-state index contributed by atoms with van der Waals surface area (Å²) in [5.74, 6) is 0. The largest absolute Gasteiger partial charge is 0.298 e. The van der Waals surface area contributed by atoms with Crippen molar-refractivity contribution >= 4 is 26.0 Å². The van der Waals surface area contributed by atoms with Crippen LogP contribution in [0.1, 0.15) is 11.3 Å². The molecule has 0 amide bonds. The van der Waals surface area contributed by atoms with Gasteiger partial charge in [0.05, 0.1) is 11.2 Å². The van der Waals surface area contributed by atoms with Crippen molar-refractivity contribution in [3.8, 4) is 0 Å². The molecule has 2 rings (SSSR count). The summed E-state index contributed by atoms with van der Waals surface area (Å²) in [4.78, 5) is 16.3. The summed E-state index contributed by atoms with van der Waals surface area (Å²) in [6.07, 6.45) is 1.43. The molecule has 1 N–H and O–H groups in total. The smallest absolute Gasteiger partial charge is 0.256 e. The minimum Gasteiger partial charge on any atom is -0.298 e. The summed E-state index contributed by atoms with van der Waals surface area (Å²) in [6, 6.07) is 6.34. The second-order valence-electron chi connectivity index (χ2n) is 4.81. The van der Waals surface area contributed by atoms with Crippen molar-refractivity contribution in [3.05, 3.63) is 56.7 Å². The lowest BCUT2D eigenvalue weighted by Gasteiger charge is -2.09. The van der Waals surface area contributed by atoms with Gasteiger partial charge in [-0.2, -0.15) is 0 Å². The molecule has 118 valence electrons. The van der Waals surface area contributed by atoms with Gasteiger partial charge in [-0.15, -0.1) is 0 Å². The van der Waals surface area contributed by atoms with Crippen LogP contribution in [0.25, 0.3) is 0 Å². The lowest BCUT2D eigenvalue weighted by atomic mass is 10.3.